The Labute approximate surface area is 141 Å². The van der Waals surface area contributed by atoms with Crippen molar-refractivity contribution in [1.29, 1.82) is 0 Å². The normalized spacial score (nSPS) is 11.0. The topological polar surface area (TPSA) is 0 Å². The molecule has 0 spiro atoms. The zero-order chi connectivity index (χ0) is 15.6. The summed E-state index contributed by atoms with van der Waals surface area (Å²) in [4.78, 5) is 5.49. The summed E-state index contributed by atoms with van der Waals surface area (Å²) < 4.78 is 0. The lowest BCUT2D eigenvalue weighted by Gasteiger charge is -2.15. The van der Waals surface area contributed by atoms with E-state index in [1.807, 2.05) is 35.3 Å². The smallest absolute Gasteiger partial charge is 0.0181 e. The first-order valence-corrected chi connectivity index (χ1v) is 10.2. The lowest BCUT2D eigenvalue weighted by Crippen LogP contribution is -1.91. The van der Waals surface area contributed by atoms with Crippen LogP contribution in [-0.2, 0) is 0 Å². The molecule has 2 aromatic carbocycles. The molecule has 0 amide bonds. The molecule has 0 saturated heterocycles. The minimum atomic E-state index is 1.35. The summed E-state index contributed by atoms with van der Waals surface area (Å²) in [6.45, 7) is 8.87. The average Bonchev–Trinajstić information content (AvgIpc) is 2.44. The molecule has 0 aromatic heterocycles. The van der Waals surface area contributed by atoms with Gasteiger partial charge in [-0.15, -0.1) is 23.5 Å². The van der Waals surface area contributed by atoms with E-state index in [4.69, 9.17) is 0 Å². The molecule has 0 saturated carbocycles. The lowest BCUT2D eigenvalue weighted by atomic mass is 10.1. The van der Waals surface area contributed by atoms with Crippen LogP contribution in [-0.4, -0.2) is 12.5 Å². The van der Waals surface area contributed by atoms with Crippen LogP contribution in [0.2, 0.25) is 0 Å². The Morgan fingerprint density at radius 3 is 1.10 bits per heavy atom. The molecule has 0 N–H and O–H groups in total. The fraction of sp³-hybridized carbons (Fsp3) is 0.333. The Balaban J connectivity index is 2.43. The van der Waals surface area contributed by atoms with Crippen LogP contribution >= 0.6 is 35.3 Å². The Kier molecular flexibility index (Phi) is 5.75. The van der Waals surface area contributed by atoms with Crippen LogP contribution in [0.4, 0.5) is 0 Å². The fourth-order valence-corrected chi connectivity index (χ4v) is 4.74. The van der Waals surface area contributed by atoms with Gasteiger partial charge >= 0.3 is 0 Å². The van der Waals surface area contributed by atoms with Gasteiger partial charge in [0.25, 0.3) is 0 Å². The van der Waals surface area contributed by atoms with Gasteiger partial charge in [-0.05, 0) is 86.7 Å². The summed E-state index contributed by atoms with van der Waals surface area (Å²) >= 11 is 5.54. The molecule has 112 valence electrons. The van der Waals surface area contributed by atoms with E-state index >= 15 is 0 Å². The average molecular weight is 335 g/mol. The van der Waals surface area contributed by atoms with Crippen LogP contribution in [0.5, 0.6) is 0 Å². The lowest BCUT2D eigenvalue weighted by molar-refractivity contribution is 1.14. The Morgan fingerprint density at radius 2 is 0.857 bits per heavy atom. The minimum absolute atomic E-state index is 1.35. The summed E-state index contributed by atoms with van der Waals surface area (Å²) in [6.07, 6.45) is 4.27. The van der Waals surface area contributed by atoms with Gasteiger partial charge in [0.05, 0.1) is 0 Å². The zero-order valence-corrected chi connectivity index (χ0v) is 16.0. The van der Waals surface area contributed by atoms with E-state index in [0.29, 0.717) is 0 Å². The fourth-order valence-electron chi connectivity index (χ4n) is 2.48. The highest BCUT2D eigenvalue weighted by Crippen LogP contribution is 2.39. The van der Waals surface area contributed by atoms with Gasteiger partial charge in [-0.25, -0.2) is 0 Å². The monoisotopic (exact) mass is 334 g/mol. The van der Waals surface area contributed by atoms with Crippen molar-refractivity contribution in [3.8, 4) is 0 Å². The Hall–Kier alpha value is -0.510. The van der Waals surface area contributed by atoms with Crippen molar-refractivity contribution in [3.63, 3.8) is 0 Å². The first-order valence-electron chi connectivity index (χ1n) is 6.94. The van der Waals surface area contributed by atoms with E-state index in [1.165, 1.54) is 41.8 Å². The predicted octanol–water partition coefficient (Wildman–Crippen LogP) is 6.52. The largest absolute Gasteiger partial charge is 0.130 e. The van der Waals surface area contributed by atoms with Gasteiger partial charge in [-0.3, -0.25) is 0 Å². The number of aryl methyl sites for hydroxylation is 4. The molecule has 0 unspecified atom stereocenters. The molecule has 0 aliphatic rings. The third-order valence-electron chi connectivity index (χ3n) is 3.54. The van der Waals surface area contributed by atoms with Crippen molar-refractivity contribution >= 4 is 35.3 Å². The molecule has 0 aliphatic carbocycles. The molecule has 21 heavy (non-hydrogen) atoms. The van der Waals surface area contributed by atoms with Crippen molar-refractivity contribution in [3.05, 3.63) is 46.5 Å². The Morgan fingerprint density at radius 1 is 0.571 bits per heavy atom. The Bertz CT molecular complexity index is 556. The minimum Gasteiger partial charge on any atom is -0.130 e. The molecule has 0 nitrogen and oxygen atoms in total. The summed E-state index contributed by atoms with van der Waals surface area (Å²) in [5, 5.41) is 0. The second-order valence-corrected chi connectivity index (χ2v) is 8.06. The molecule has 2 rings (SSSR count). The molecule has 0 fully saturated rings. The maximum Gasteiger partial charge on any atom is 0.0181 e. The number of thioether (sulfide) groups is 2. The van der Waals surface area contributed by atoms with E-state index in [-0.39, 0.29) is 0 Å². The summed E-state index contributed by atoms with van der Waals surface area (Å²) in [6, 6.07) is 9.17. The van der Waals surface area contributed by atoms with Crippen molar-refractivity contribution in [2.24, 2.45) is 0 Å². The number of benzene rings is 2. The molecule has 0 heterocycles. The SMILES string of the molecule is CSc1cc(C)c(Sc2c(C)cc(SC)cc2C)c(C)c1. The van der Waals surface area contributed by atoms with Crippen LogP contribution in [0.1, 0.15) is 22.3 Å². The summed E-state index contributed by atoms with van der Waals surface area (Å²) in [5.74, 6) is 0. The molecule has 2 aromatic rings. The first-order chi connectivity index (χ1) is 9.96. The number of hydrogen-bond acceptors (Lipinski definition) is 3. The predicted molar refractivity (Wildman–Crippen MR) is 99.5 cm³/mol. The molecule has 3 heteroatoms. The molecule has 0 bridgehead atoms. The van der Waals surface area contributed by atoms with Gasteiger partial charge in [-0.2, -0.15) is 0 Å². The van der Waals surface area contributed by atoms with Gasteiger partial charge in [-0.1, -0.05) is 11.8 Å². The van der Waals surface area contributed by atoms with Crippen LogP contribution < -0.4 is 0 Å². The zero-order valence-electron chi connectivity index (χ0n) is 13.5. The van der Waals surface area contributed by atoms with Crippen LogP contribution in [0.3, 0.4) is 0 Å². The van der Waals surface area contributed by atoms with Gasteiger partial charge in [0.15, 0.2) is 0 Å². The van der Waals surface area contributed by atoms with Crippen LogP contribution in [0.25, 0.3) is 0 Å². The second-order valence-electron chi connectivity index (χ2n) is 5.28. The van der Waals surface area contributed by atoms with Crippen molar-refractivity contribution in [2.75, 3.05) is 12.5 Å². The van der Waals surface area contributed by atoms with E-state index in [9.17, 15) is 0 Å². The van der Waals surface area contributed by atoms with Gasteiger partial charge in [0.1, 0.15) is 0 Å². The quantitative estimate of drug-likeness (QED) is 0.584. The molecule has 0 aliphatic heterocycles. The van der Waals surface area contributed by atoms with Crippen LogP contribution in [0.15, 0.2) is 43.8 Å². The highest BCUT2D eigenvalue weighted by atomic mass is 32.2. The van der Waals surface area contributed by atoms with Gasteiger partial charge in [0.2, 0.25) is 0 Å². The summed E-state index contributed by atoms with van der Waals surface area (Å²) in [5.41, 5.74) is 5.49. The maximum absolute atomic E-state index is 2.29. The first kappa shape index (κ1) is 16.9. The van der Waals surface area contributed by atoms with E-state index in [1.54, 1.807) is 0 Å². The number of hydrogen-bond donors (Lipinski definition) is 0. The van der Waals surface area contributed by atoms with Gasteiger partial charge in [0, 0.05) is 19.6 Å². The van der Waals surface area contributed by atoms with E-state index in [2.05, 4.69) is 64.5 Å². The van der Waals surface area contributed by atoms with Crippen molar-refractivity contribution in [1.82, 2.24) is 0 Å². The molecular formula is C18H22S3. The number of rotatable bonds is 4. The van der Waals surface area contributed by atoms with Crippen LogP contribution in [0, 0.1) is 27.7 Å². The maximum atomic E-state index is 2.29. The molecule has 0 radical (unpaired) electrons. The second kappa shape index (κ2) is 7.17. The molecular weight excluding hydrogens is 312 g/mol. The van der Waals surface area contributed by atoms with Crippen molar-refractivity contribution in [2.45, 2.75) is 47.3 Å². The third-order valence-corrected chi connectivity index (χ3v) is 6.65. The third kappa shape index (κ3) is 3.82. The van der Waals surface area contributed by atoms with E-state index in [0.717, 1.165) is 0 Å². The standard InChI is InChI=1S/C18H22S3/c1-11-7-15(19-5)8-12(2)17(11)21-18-13(3)9-16(20-6)10-14(18)4/h7-10H,1-6H3. The van der Waals surface area contributed by atoms with Crippen molar-refractivity contribution < 1.29 is 0 Å². The highest BCUT2D eigenvalue weighted by Gasteiger charge is 2.11. The molecule has 0 atom stereocenters. The highest BCUT2D eigenvalue weighted by molar-refractivity contribution is 8.00. The van der Waals surface area contributed by atoms with E-state index < -0.39 is 0 Å². The summed E-state index contributed by atoms with van der Waals surface area (Å²) in [7, 11) is 0. The van der Waals surface area contributed by atoms with Gasteiger partial charge < -0.3 is 0 Å².